The van der Waals surface area contributed by atoms with E-state index in [1.165, 1.54) is 18.4 Å². The molecule has 5 nitrogen and oxygen atoms in total. The molecule has 23 heavy (non-hydrogen) atoms. The van der Waals surface area contributed by atoms with Gasteiger partial charge in [0.1, 0.15) is 11.4 Å². The Morgan fingerprint density at radius 2 is 1.83 bits per heavy atom. The lowest BCUT2D eigenvalue weighted by Gasteiger charge is -2.20. The van der Waals surface area contributed by atoms with Crippen molar-refractivity contribution in [2.24, 2.45) is 0 Å². The molecule has 0 spiro atoms. The van der Waals surface area contributed by atoms with Gasteiger partial charge in [-0.25, -0.2) is 4.68 Å². The number of rotatable bonds is 2. The van der Waals surface area contributed by atoms with Crippen LogP contribution in [0.4, 0.5) is 5.82 Å². The second-order valence-electron chi connectivity index (χ2n) is 6.40. The lowest BCUT2D eigenvalue weighted by Crippen LogP contribution is -2.32. The summed E-state index contributed by atoms with van der Waals surface area (Å²) in [5.74, 6) is 0.988. The molecular formula is C18H22N4O. The summed E-state index contributed by atoms with van der Waals surface area (Å²) < 4.78 is 1.92. The van der Waals surface area contributed by atoms with Crippen molar-refractivity contribution in [2.75, 3.05) is 18.4 Å². The Bertz CT molecular complexity index is 686. The third kappa shape index (κ3) is 2.71. The number of nitrogens with one attached hydrogen (secondary N) is 1. The van der Waals surface area contributed by atoms with Gasteiger partial charge in [0.05, 0.1) is 18.8 Å². The fourth-order valence-electron chi connectivity index (χ4n) is 3.53. The Balaban J connectivity index is 1.54. The zero-order valence-electron chi connectivity index (χ0n) is 13.2. The molecule has 3 heterocycles. The van der Waals surface area contributed by atoms with Crippen LogP contribution >= 0.6 is 0 Å². The summed E-state index contributed by atoms with van der Waals surface area (Å²) in [6, 6.07) is 10.5. The lowest BCUT2D eigenvalue weighted by molar-refractivity contribution is 0.0762. The van der Waals surface area contributed by atoms with E-state index in [0.717, 1.165) is 38.3 Å². The van der Waals surface area contributed by atoms with Crippen molar-refractivity contribution in [3.63, 3.8) is 0 Å². The molecule has 1 aromatic carbocycles. The number of carbonyl (C=O) groups is 1. The number of carbonyl (C=O) groups excluding carboxylic acids is 1. The molecule has 2 aromatic rings. The van der Waals surface area contributed by atoms with Crippen LogP contribution in [0.5, 0.6) is 0 Å². The van der Waals surface area contributed by atoms with Crippen molar-refractivity contribution in [2.45, 2.75) is 38.3 Å². The molecule has 1 N–H and O–H groups in total. The number of fused-ring (bicyclic) bond motifs is 1. The highest BCUT2D eigenvalue weighted by atomic mass is 16.2. The third-order valence-electron chi connectivity index (χ3n) is 4.83. The van der Waals surface area contributed by atoms with Crippen molar-refractivity contribution >= 4 is 11.7 Å². The van der Waals surface area contributed by atoms with Gasteiger partial charge in [0, 0.05) is 13.1 Å². The summed E-state index contributed by atoms with van der Waals surface area (Å²) in [5, 5.41) is 7.91. The number of hydrogen-bond acceptors (Lipinski definition) is 3. The normalized spacial score (nSPS) is 20.7. The van der Waals surface area contributed by atoms with Crippen molar-refractivity contribution in [1.29, 1.82) is 0 Å². The highest BCUT2D eigenvalue weighted by Crippen LogP contribution is 2.31. The van der Waals surface area contributed by atoms with Gasteiger partial charge in [-0.3, -0.25) is 4.79 Å². The van der Waals surface area contributed by atoms with E-state index in [1.54, 1.807) is 6.20 Å². The Labute approximate surface area is 136 Å². The lowest BCUT2D eigenvalue weighted by atomic mass is 10.1. The smallest absolute Gasteiger partial charge is 0.259 e. The predicted molar refractivity (Wildman–Crippen MR) is 89.4 cm³/mol. The molecule has 0 aliphatic carbocycles. The average molecular weight is 310 g/mol. The molecule has 0 bridgehead atoms. The fraction of sp³-hybridized carbons (Fsp3) is 0.444. The summed E-state index contributed by atoms with van der Waals surface area (Å²) in [4.78, 5) is 14.8. The Kier molecular flexibility index (Phi) is 3.77. The molecule has 1 unspecified atom stereocenters. The first kappa shape index (κ1) is 14.3. The number of benzene rings is 1. The molecule has 0 saturated carbocycles. The van der Waals surface area contributed by atoms with Crippen LogP contribution in [-0.2, 0) is 6.54 Å². The SMILES string of the molecule is O=C(c1cnn2c1NC(c1ccccc1)C2)N1CCCCCC1. The van der Waals surface area contributed by atoms with Crippen molar-refractivity contribution < 1.29 is 4.79 Å². The maximum absolute atomic E-state index is 12.8. The Morgan fingerprint density at radius 3 is 2.57 bits per heavy atom. The van der Waals surface area contributed by atoms with Gasteiger partial charge in [-0.05, 0) is 18.4 Å². The molecule has 2 aliphatic rings. The van der Waals surface area contributed by atoms with Gasteiger partial charge in [0.15, 0.2) is 0 Å². The maximum atomic E-state index is 12.8. The molecule has 1 atom stereocenters. The number of likely N-dealkylation sites (tertiary alicyclic amines) is 1. The summed E-state index contributed by atoms with van der Waals surface area (Å²) in [6.07, 6.45) is 6.38. The number of nitrogens with zero attached hydrogens (tertiary/aromatic N) is 3. The van der Waals surface area contributed by atoms with Crippen LogP contribution < -0.4 is 5.32 Å². The zero-order chi connectivity index (χ0) is 15.6. The second-order valence-corrected chi connectivity index (χ2v) is 6.40. The van der Waals surface area contributed by atoms with Crippen LogP contribution in [0.25, 0.3) is 0 Å². The highest BCUT2D eigenvalue weighted by molar-refractivity contribution is 5.99. The van der Waals surface area contributed by atoms with E-state index in [1.807, 2.05) is 27.8 Å². The first-order valence-electron chi connectivity index (χ1n) is 8.49. The van der Waals surface area contributed by atoms with Crippen LogP contribution in [0.15, 0.2) is 36.5 Å². The highest BCUT2D eigenvalue weighted by Gasteiger charge is 2.30. The van der Waals surface area contributed by atoms with Gasteiger partial charge in [0.2, 0.25) is 0 Å². The van der Waals surface area contributed by atoms with E-state index in [9.17, 15) is 4.79 Å². The third-order valence-corrected chi connectivity index (χ3v) is 4.83. The summed E-state index contributed by atoms with van der Waals surface area (Å²) in [5.41, 5.74) is 1.94. The van der Waals surface area contributed by atoms with Crippen LogP contribution in [0, 0.1) is 0 Å². The molecule has 5 heteroatoms. The monoisotopic (exact) mass is 310 g/mol. The molecule has 1 saturated heterocycles. The largest absolute Gasteiger partial charge is 0.361 e. The quantitative estimate of drug-likeness (QED) is 0.927. The summed E-state index contributed by atoms with van der Waals surface area (Å²) >= 11 is 0. The number of amides is 1. The van der Waals surface area contributed by atoms with Crippen LogP contribution in [0.2, 0.25) is 0 Å². The Hall–Kier alpha value is -2.30. The zero-order valence-corrected chi connectivity index (χ0v) is 13.2. The summed E-state index contributed by atoms with van der Waals surface area (Å²) in [6.45, 7) is 2.50. The second kappa shape index (κ2) is 6.07. The topological polar surface area (TPSA) is 50.2 Å². The number of hydrogen-bond donors (Lipinski definition) is 1. The summed E-state index contributed by atoms with van der Waals surface area (Å²) in [7, 11) is 0. The maximum Gasteiger partial charge on any atom is 0.259 e. The minimum atomic E-state index is 0.120. The minimum Gasteiger partial charge on any atom is -0.361 e. The van der Waals surface area contributed by atoms with Crippen LogP contribution in [0.1, 0.15) is 47.6 Å². The minimum absolute atomic E-state index is 0.120. The van der Waals surface area contributed by atoms with Crippen molar-refractivity contribution in [3.8, 4) is 0 Å². The van der Waals surface area contributed by atoms with E-state index in [0.29, 0.717) is 5.56 Å². The van der Waals surface area contributed by atoms with Gasteiger partial charge in [-0.2, -0.15) is 5.10 Å². The van der Waals surface area contributed by atoms with Gasteiger partial charge < -0.3 is 10.2 Å². The molecule has 4 rings (SSSR count). The molecule has 0 radical (unpaired) electrons. The molecule has 1 amide bonds. The molecule has 2 aliphatic heterocycles. The van der Waals surface area contributed by atoms with Crippen molar-refractivity contribution in [3.05, 3.63) is 47.7 Å². The van der Waals surface area contributed by atoms with Gasteiger partial charge in [0.25, 0.3) is 5.91 Å². The predicted octanol–water partition coefficient (Wildman–Crippen LogP) is 3.07. The number of anilines is 1. The van der Waals surface area contributed by atoms with Gasteiger partial charge >= 0.3 is 0 Å². The molecular weight excluding hydrogens is 288 g/mol. The van der Waals surface area contributed by atoms with E-state index in [2.05, 4.69) is 22.5 Å². The molecule has 1 aromatic heterocycles. The van der Waals surface area contributed by atoms with E-state index >= 15 is 0 Å². The standard InChI is InChI=1S/C18H22N4O/c23-18(21-10-6-1-2-7-11-21)15-12-19-22-13-16(20-17(15)22)14-8-4-3-5-9-14/h3-5,8-9,12,16,20H,1-2,6-7,10-11,13H2. The first-order chi connectivity index (χ1) is 11.3. The Morgan fingerprint density at radius 1 is 1.09 bits per heavy atom. The van der Waals surface area contributed by atoms with Gasteiger partial charge in [-0.15, -0.1) is 0 Å². The van der Waals surface area contributed by atoms with E-state index in [4.69, 9.17) is 0 Å². The molecule has 120 valence electrons. The molecule has 1 fully saturated rings. The van der Waals surface area contributed by atoms with E-state index < -0.39 is 0 Å². The number of aromatic nitrogens is 2. The van der Waals surface area contributed by atoms with E-state index in [-0.39, 0.29) is 11.9 Å². The van der Waals surface area contributed by atoms with Gasteiger partial charge in [-0.1, -0.05) is 43.2 Å². The van der Waals surface area contributed by atoms with Crippen LogP contribution in [-0.4, -0.2) is 33.7 Å². The average Bonchev–Trinajstić information content (AvgIpc) is 3.05. The van der Waals surface area contributed by atoms with Crippen LogP contribution in [0.3, 0.4) is 0 Å². The van der Waals surface area contributed by atoms with Crippen molar-refractivity contribution in [1.82, 2.24) is 14.7 Å². The first-order valence-corrected chi connectivity index (χ1v) is 8.49. The fourth-order valence-corrected chi connectivity index (χ4v) is 3.53.